The molecule has 0 radical (unpaired) electrons. The van der Waals surface area contributed by atoms with Crippen LogP contribution in [0.2, 0.25) is 0 Å². The van der Waals surface area contributed by atoms with Crippen molar-refractivity contribution in [3.8, 4) is 11.5 Å². The topological polar surface area (TPSA) is 91.4 Å². The largest absolute Gasteiger partial charge is 0.588 e. The minimum Gasteiger partial charge on any atom is -0.395 e. The molecule has 8 nitrogen and oxygen atoms in total. The van der Waals surface area contributed by atoms with Crippen molar-refractivity contribution in [3.63, 3.8) is 0 Å². The fourth-order valence-corrected chi connectivity index (χ4v) is 5.68. The van der Waals surface area contributed by atoms with E-state index in [1.807, 2.05) is 42.5 Å². The van der Waals surface area contributed by atoms with Crippen LogP contribution in [0.3, 0.4) is 0 Å². The molecule has 0 N–H and O–H groups in total. The van der Waals surface area contributed by atoms with Crippen LogP contribution in [-0.2, 0) is 13.9 Å². The number of amides is 2. The van der Waals surface area contributed by atoms with Crippen LogP contribution in [0, 0.1) is 0 Å². The van der Waals surface area contributed by atoms with E-state index in [0.29, 0.717) is 41.9 Å². The Bertz CT molecular complexity index is 1400. The SMILES string of the molecule is O=C1c2ccccc2C(=O)N1OCCCCC(OP(=O)(Oc1ccccc1)Oc1ccccc1)c1ccccc1. The number of unbranched alkanes of at least 4 members (excludes halogenated alkanes) is 1. The summed E-state index contributed by atoms with van der Waals surface area (Å²) < 4.78 is 31.8. The number of nitrogens with zero attached hydrogens (tertiary/aromatic N) is 1. The maximum atomic E-state index is 14.0. The molecule has 0 saturated carbocycles. The molecular formula is C31H28NO7P. The van der Waals surface area contributed by atoms with Gasteiger partial charge in [-0.1, -0.05) is 78.9 Å². The van der Waals surface area contributed by atoms with Crippen LogP contribution < -0.4 is 9.05 Å². The molecule has 0 spiro atoms. The second kappa shape index (κ2) is 12.7. The van der Waals surface area contributed by atoms with Gasteiger partial charge in [0, 0.05) is 0 Å². The van der Waals surface area contributed by atoms with Crippen LogP contribution in [-0.4, -0.2) is 23.5 Å². The summed E-state index contributed by atoms with van der Waals surface area (Å²) in [5, 5.41) is 0.811. The summed E-state index contributed by atoms with van der Waals surface area (Å²) in [6.07, 6.45) is 0.928. The van der Waals surface area contributed by atoms with E-state index in [9.17, 15) is 14.2 Å². The minimum atomic E-state index is -4.14. The van der Waals surface area contributed by atoms with Gasteiger partial charge in [0.15, 0.2) is 0 Å². The highest BCUT2D eigenvalue weighted by Gasteiger charge is 2.37. The van der Waals surface area contributed by atoms with Crippen LogP contribution in [0.15, 0.2) is 115 Å². The Balaban J connectivity index is 1.25. The normalized spacial score (nSPS) is 13.7. The lowest BCUT2D eigenvalue weighted by Gasteiger charge is -2.25. The van der Waals surface area contributed by atoms with Gasteiger partial charge in [0.05, 0.1) is 23.8 Å². The van der Waals surface area contributed by atoms with Crippen molar-refractivity contribution in [1.29, 1.82) is 0 Å². The Morgan fingerprint density at radius 3 is 1.62 bits per heavy atom. The fourth-order valence-electron chi connectivity index (χ4n) is 4.26. The average molecular weight is 558 g/mol. The zero-order valence-electron chi connectivity index (χ0n) is 21.6. The second-order valence-electron chi connectivity index (χ2n) is 9.04. The number of imide groups is 1. The van der Waals surface area contributed by atoms with Crippen molar-refractivity contribution < 1.29 is 32.6 Å². The van der Waals surface area contributed by atoms with E-state index in [1.165, 1.54) is 0 Å². The van der Waals surface area contributed by atoms with Crippen molar-refractivity contribution >= 4 is 19.6 Å². The summed E-state index contributed by atoms with van der Waals surface area (Å²) >= 11 is 0. The third-order valence-corrected chi connectivity index (χ3v) is 7.57. The number of hydroxylamine groups is 2. The Morgan fingerprint density at radius 1 is 0.625 bits per heavy atom. The van der Waals surface area contributed by atoms with Gasteiger partial charge >= 0.3 is 7.82 Å². The highest BCUT2D eigenvalue weighted by atomic mass is 31.2. The van der Waals surface area contributed by atoms with Crippen LogP contribution >= 0.6 is 7.82 Å². The van der Waals surface area contributed by atoms with Crippen molar-refractivity contribution in [2.24, 2.45) is 0 Å². The molecule has 0 fully saturated rings. The zero-order valence-corrected chi connectivity index (χ0v) is 22.5. The summed E-state index contributed by atoms with van der Waals surface area (Å²) in [6, 6.07) is 33.5. The van der Waals surface area contributed by atoms with E-state index in [-0.39, 0.29) is 6.61 Å². The van der Waals surface area contributed by atoms with Gasteiger partial charge in [-0.3, -0.25) is 19.0 Å². The van der Waals surface area contributed by atoms with Gasteiger partial charge in [-0.25, -0.2) is 4.57 Å². The van der Waals surface area contributed by atoms with Crippen molar-refractivity contribution in [2.45, 2.75) is 25.4 Å². The molecule has 1 heterocycles. The summed E-state index contributed by atoms with van der Waals surface area (Å²) in [5.74, 6) is -0.239. The monoisotopic (exact) mass is 557 g/mol. The highest BCUT2D eigenvalue weighted by Crippen LogP contribution is 2.53. The molecule has 4 aromatic rings. The molecule has 0 saturated heterocycles. The molecule has 5 rings (SSSR count). The maximum Gasteiger partial charge on any atom is 0.588 e. The summed E-state index contributed by atoms with van der Waals surface area (Å²) in [6.45, 7) is 0.145. The van der Waals surface area contributed by atoms with Gasteiger partial charge in [0.25, 0.3) is 11.8 Å². The number of phosphoric acid groups is 1. The van der Waals surface area contributed by atoms with Crippen LogP contribution in [0.25, 0.3) is 0 Å². The first kappa shape index (κ1) is 27.3. The predicted molar refractivity (Wildman–Crippen MR) is 149 cm³/mol. The summed E-state index contributed by atoms with van der Waals surface area (Å²) in [5.41, 5.74) is 1.47. The number of phosphoric ester groups is 1. The first-order chi connectivity index (χ1) is 19.5. The molecule has 1 aliphatic rings. The standard InChI is InChI=1S/C31H28NO7P/c33-30-27-20-10-11-21-28(27)31(34)32(30)36-23-13-12-22-29(24-14-4-1-5-15-24)39-40(35,37-25-16-6-2-7-17-25)38-26-18-8-3-9-19-26/h1-11,14-21,29H,12-13,22-23H2. The van der Waals surface area contributed by atoms with Gasteiger partial charge < -0.3 is 9.05 Å². The number of hydrogen-bond donors (Lipinski definition) is 0. The third kappa shape index (κ3) is 6.66. The van der Waals surface area contributed by atoms with Crippen molar-refractivity contribution in [2.75, 3.05) is 6.61 Å². The zero-order chi connectivity index (χ0) is 27.8. The Kier molecular flexibility index (Phi) is 8.71. The number of carbonyl (C=O) groups excluding carboxylic acids is 2. The Morgan fingerprint density at radius 2 is 1.10 bits per heavy atom. The lowest BCUT2D eigenvalue weighted by atomic mass is 10.0. The number of carbonyl (C=O) groups is 2. The predicted octanol–water partition coefficient (Wildman–Crippen LogP) is 7.41. The van der Waals surface area contributed by atoms with E-state index >= 15 is 0 Å². The molecule has 204 valence electrons. The van der Waals surface area contributed by atoms with E-state index in [1.54, 1.807) is 72.8 Å². The van der Waals surface area contributed by atoms with Gasteiger partial charge in [-0.15, -0.1) is 5.06 Å². The lowest BCUT2D eigenvalue weighted by Crippen LogP contribution is -2.30. The smallest absolute Gasteiger partial charge is 0.395 e. The van der Waals surface area contributed by atoms with Gasteiger partial charge in [-0.05, 0) is 61.2 Å². The maximum absolute atomic E-state index is 14.0. The minimum absolute atomic E-state index is 0.145. The van der Waals surface area contributed by atoms with Gasteiger partial charge in [0.1, 0.15) is 11.5 Å². The number of para-hydroxylation sites is 2. The number of hydrogen-bond acceptors (Lipinski definition) is 7. The Hall–Kier alpha value is -4.23. The summed E-state index contributed by atoms with van der Waals surface area (Å²) in [4.78, 5) is 30.6. The highest BCUT2D eigenvalue weighted by molar-refractivity contribution is 7.49. The first-order valence-electron chi connectivity index (χ1n) is 13.0. The first-order valence-corrected chi connectivity index (χ1v) is 14.4. The molecule has 0 aromatic heterocycles. The molecule has 2 amide bonds. The third-order valence-electron chi connectivity index (χ3n) is 6.19. The van der Waals surface area contributed by atoms with Gasteiger partial charge in [-0.2, -0.15) is 0 Å². The summed E-state index contributed by atoms with van der Waals surface area (Å²) in [7, 11) is -4.14. The number of benzene rings is 4. The molecule has 1 aliphatic heterocycles. The molecule has 0 aliphatic carbocycles. The van der Waals surface area contributed by atoms with E-state index < -0.39 is 25.7 Å². The quantitative estimate of drug-likeness (QED) is 0.0960. The van der Waals surface area contributed by atoms with Crippen molar-refractivity contribution in [3.05, 3.63) is 132 Å². The molecular weight excluding hydrogens is 529 g/mol. The lowest BCUT2D eigenvalue weighted by molar-refractivity contribution is -0.0926. The van der Waals surface area contributed by atoms with Crippen LogP contribution in [0.1, 0.15) is 51.6 Å². The number of fused-ring (bicyclic) bond motifs is 1. The van der Waals surface area contributed by atoms with E-state index in [0.717, 1.165) is 10.6 Å². The van der Waals surface area contributed by atoms with E-state index in [2.05, 4.69) is 0 Å². The molecule has 1 unspecified atom stereocenters. The van der Waals surface area contributed by atoms with Crippen molar-refractivity contribution in [1.82, 2.24) is 5.06 Å². The van der Waals surface area contributed by atoms with Gasteiger partial charge in [0.2, 0.25) is 0 Å². The molecule has 1 atom stereocenters. The molecule has 4 aromatic carbocycles. The second-order valence-corrected chi connectivity index (χ2v) is 10.5. The number of rotatable bonds is 13. The molecule has 0 bridgehead atoms. The van der Waals surface area contributed by atoms with Crippen LogP contribution in [0.5, 0.6) is 11.5 Å². The Labute approximate surface area is 232 Å². The van der Waals surface area contributed by atoms with Crippen LogP contribution in [0.4, 0.5) is 0 Å². The molecule has 40 heavy (non-hydrogen) atoms. The molecule has 9 heteroatoms. The average Bonchev–Trinajstić information content (AvgIpc) is 3.22. The fraction of sp³-hybridized carbons (Fsp3) is 0.161. The van der Waals surface area contributed by atoms with E-state index in [4.69, 9.17) is 18.4 Å².